The van der Waals surface area contributed by atoms with Crippen molar-refractivity contribution in [3.05, 3.63) is 43.9 Å². The second-order valence-electron chi connectivity index (χ2n) is 5.30. The van der Waals surface area contributed by atoms with Crippen LogP contribution in [-0.2, 0) is 20.9 Å². The van der Waals surface area contributed by atoms with Crippen LogP contribution in [0.4, 0.5) is 0 Å². The summed E-state index contributed by atoms with van der Waals surface area (Å²) in [6.07, 6.45) is 0.166. The van der Waals surface area contributed by atoms with Gasteiger partial charge in [-0.05, 0) is 17.7 Å². The summed E-state index contributed by atoms with van der Waals surface area (Å²) < 4.78 is 4.83. The molecule has 9 heteroatoms. The van der Waals surface area contributed by atoms with E-state index in [1.165, 1.54) is 4.90 Å². The van der Waals surface area contributed by atoms with Crippen LogP contribution in [0.15, 0.2) is 18.2 Å². The van der Waals surface area contributed by atoms with Crippen molar-refractivity contribution in [2.45, 2.75) is 19.0 Å². The summed E-state index contributed by atoms with van der Waals surface area (Å²) in [5.41, 5.74) is 0.775. The fraction of sp³-hybridized carbons (Fsp3) is 0.429. The first-order valence-electron chi connectivity index (χ1n) is 6.77. The Morgan fingerprint density at radius 1 is 1.39 bits per heavy atom. The minimum absolute atomic E-state index is 0.166. The topological polar surface area (TPSA) is 89.8 Å². The summed E-state index contributed by atoms with van der Waals surface area (Å²) in [4.78, 5) is 34.8. The molecule has 2 atom stereocenters. The molecule has 23 heavy (non-hydrogen) atoms. The number of rotatable bonds is 6. The fourth-order valence-corrected chi connectivity index (χ4v) is 2.34. The number of carbonyl (C=O) groups excluding carboxylic acids is 2. The Morgan fingerprint density at radius 2 is 2.09 bits per heavy atom. The molecule has 7 nitrogen and oxygen atoms in total. The summed E-state index contributed by atoms with van der Waals surface area (Å²) in [7, 11) is 1.55. The molecule has 0 aliphatic heterocycles. The average molecular weight is 361 g/mol. The van der Waals surface area contributed by atoms with Crippen LogP contribution in [0.25, 0.3) is 0 Å². The van der Waals surface area contributed by atoms with Gasteiger partial charge >= 0.3 is 5.97 Å². The van der Waals surface area contributed by atoms with E-state index in [1.807, 2.05) is 0 Å². The van der Waals surface area contributed by atoms with E-state index < -0.39 is 35.4 Å². The molecule has 1 aliphatic carbocycles. The van der Waals surface area contributed by atoms with Crippen molar-refractivity contribution in [1.29, 1.82) is 0 Å². The largest absolute Gasteiger partial charge is 0.455 e. The first-order valence-corrected chi connectivity index (χ1v) is 7.53. The predicted molar refractivity (Wildman–Crippen MR) is 82.8 cm³/mol. The number of esters is 1. The van der Waals surface area contributed by atoms with E-state index in [-0.39, 0.29) is 13.0 Å². The minimum atomic E-state index is -0.883. The number of hydrogen-bond acceptors (Lipinski definition) is 5. The smallest absolute Gasteiger partial charge is 0.316 e. The van der Waals surface area contributed by atoms with Crippen LogP contribution in [0.5, 0.6) is 0 Å². The molecule has 0 aromatic heterocycles. The van der Waals surface area contributed by atoms with Gasteiger partial charge < -0.3 is 9.64 Å². The van der Waals surface area contributed by atoms with E-state index in [4.69, 9.17) is 27.9 Å². The molecule has 1 saturated carbocycles. The maximum atomic E-state index is 11.9. The number of ether oxygens (including phenoxy) is 1. The number of benzene rings is 1. The van der Waals surface area contributed by atoms with E-state index in [0.29, 0.717) is 10.0 Å². The monoisotopic (exact) mass is 360 g/mol. The lowest BCUT2D eigenvalue weighted by Crippen LogP contribution is -2.31. The van der Waals surface area contributed by atoms with Gasteiger partial charge in [-0.25, -0.2) is 0 Å². The van der Waals surface area contributed by atoms with E-state index in [9.17, 15) is 19.7 Å². The molecule has 124 valence electrons. The standard InChI is InChI=1S/C14H14Cl2N2O5/c1-17(6-8-2-3-10(15)11(16)4-8)13(19)7-23-14(20)9-5-12(9)18(21)22/h2-4,9,12H,5-7H2,1H3. The summed E-state index contributed by atoms with van der Waals surface area (Å²) >= 11 is 11.7. The number of nitro groups is 1. The third-order valence-electron chi connectivity index (χ3n) is 3.50. The van der Waals surface area contributed by atoms with Crippen LogP contribution in [0.2, 0.25) is 10.0 Å². The van der Waals surface area contributed by atoms with E-state index in [2.05, 4.69) is 0 Å². The third kappa shape index (κ3) is 4.56. The normalized spacial score (nSPS) is 19.1. The predicted octanol–water partition coefficient (Wildman–Crippen LogP) is 2.16. The Balaban J connectivity index is 1.80. The zero-order valence-corrected chi connectivity index (χ0v) is 13.7. The molecule has 1 amide bonds. The molecule has 1 aromatic rings. The summed E-state index contributed by atoms with van der Waals surface area (Å²) in [6.45, 7) is -0.175. The van der Waals surface area contributed by atoms with E-state index in [1.54, 1.807) is 25.2 Å². The molecule has 1 aromatic carbocycles. The molecule has 2 rings (SSSR count). The summed E-state index contributed by atoms with van der Waals surface area (Å²) in [6, 6.07) is 4.12. The van der Waals surface area contributed by atoms with Gasteiger partial charge in [0.15, 0.2) is 6.61 Å². The molecular formula is C14H14Cl2N2O5. The van der Waals surface area contributed by atoms with Crippen molar-refractivity contribution in [2.75, 3.05) is 13.7 Å². The summed E-state index contributed by atoms with van der Waals surface area (Å²) in [5, 5.41) is 11.3. The Labute approximate surface area is 142 Å². The van der Waals surface area contributed by atoms with Gasteiger partial charge in [0.2, 0.25) is 6.04 Å². The highest BCUT2D eigenvalue weighted by Crippen LogP contribution is 2.34. The first-order chi connectivity index (χ1) is 10.8. The zero-order chi connectivity index (χ0) is 17.1. The molecule has 0 spiro atoms. The van der Waals surface area contributed by atoms with Crippen molar-refractivity contribution >= 4 is 35.1 Å². The molecule has 0 N–H and O–H groups in total. The third-order valence-corrected chi connectivity index (χ3v) is 4.24. The second kappa shape index (κ2) is 7.14. The first kappa shape index (κ1) is 17.5. The Morgan fingerprint density at radius 3 is 2.65 bits per heavy atom. The highest BCUT2D eigenvalue weighted by Gasteiger charge is 2.54. The molecule has 2 unspecified atom stereocenters. The number of carbonyl (C=O) groups is 2. The van der Waals surface area contributed by atoms with Gasteiger partial charge in [-0.3, -0.25) is 19.7 Å². The van der Waals surface area contributed by atoms with Crippen molar-refractivity contribution in [2.24, 2.45) is 5.92 Å². The van der Waals surface area contributed by atoms with Crippen molar-refractivity contribution in [3.63, 3.8) is 0 Å². The van der Waals surface area contributed by atoms with Gasteiger partial charge in [0.1, 0.15) is 5.92 Å². The molecule has 0 heterocycles. The van der Waals surface area contributed by atoms with Crippen molar-refractivity contribution < 1.29 is 19.2 Å². The Bertz CT molecular complexity index is 652. The number of amides is 1. The number of halogens is 2. The van der Waals surface area contributed by atoms with Gasteiger partial charge in [-0.15, -0.1) is 0 Å². The average Bonchev–Trinajstić information content (AvgIpc) is 3.29. The summed E-state index contributed by atoms with van der Waals surface area (Å²) in [5.74, 6) is -1.86. The lowest BCUT2D eigenvalue weighted by Gasteiger charge is -2.17. The van der Waals surface area contributed by atoms with Crippen LogP contribution in [-0.4, -0.2) is 41.4 Å². The highest BCUT2D eigenvalue weighted by atomic mass is 35.5. The van der Waals surface area contributed by atoms with Crippen molar-refractivity contribution in [3.8, 4) is 0 Å². The van der Waals surface area contributed by atoms with Gasteiger partial charge in [-0.1, -0.05) is 29.3 Å². The van der Waals surface area contributed by atoms with Crippen molar-refractivity contribution in [1.82, 2.24) is 4.90 Å². The lowest BCUT2D eigenvalue weighted by atomic mass is 10.2. The quantitative estimate of drug-likeness (QED) is 0.440. The molecular weight excluding hydrogens is 347 g/mol. The highest BCUT2D eigenvalue weighted by molar-refractivity contribution is 6.42. The maximum Gasteiger partial charge on any atom is 0.316 e. The van der Waals surface area contributed by atoms with Crippen LogP contribution in [0.3, 0.4) is 0 Å². The number of nitrogens with zero attached hydrogens (tertiary/aromatic N) is 2. The maximum absolute atomic E-state index is 11.9. The number of hydrogen-bond donors (Lipinski definition) is 0. The van der Waals surface area contributed by atoms with Crippen LogP contribution < -0.4 is 0 Å². The molecule has 0 radical (unpaired) electrons. The molecule has 1 fully saturated rings. The Kier molecular flexibility index (Phi) is 5.43. The van der Waals surface area contributed by atoms with Gasteiger partial charge in [-0.2, -0.15) is 0 Å². The molecule has 0 bridgehead atoms. The van der Waals surface area contributed by atoms with E-state index >= 15 is 0 Å². The van der Waals surface area contributed by atoms with E-state index in [0.717, 1.165) is 5.56 Å². The van der Waals surface area contributed by atoms with Crippen LogP contribution in [0, 0.1) is 16.0 Å². The number of likely N-dealkylation sites (N-methyl/N-ethyl adjacent to an activating group) is 1. The fourth-order valence-electron chi connectivity index (χ4n) is 2.02. The second-order valence-corrected chi connectivity index (χ2v) is 6.12. The molecule has 0 saturated heterocycles. The van der Waals surface area contributed by atoms with Gasteiger partial charge in [0, 0.05) is 24.9 Å². The minimum Gasteiger partial charge on any atom is -0.455 e. The van der Waals surface area contributed by atoms with Gasteiger partial charge in [0.05, 0.1) is 10.0 Å². The van der Waals surface area contributed by atoms with Crippen LogP contribution in [0.1, 0.15) is 12.0 Å². The zero-order valence-electron chi connectivity index (χ0n) is 12.2. The molecule has 1 aliphatic rings. The van der Waals surface area contributed by atoms with Crippen LogP contribution >= 0.6 is 23.2 Å². The van der Waals surface area contributed by atoms with Gasteiger partial charge in [0.25, 0.3) is 5.91 Å². The SMILES string of the molecule is CN(Cc1ccc(Cl)c(Cl)c1)C(=O)COC(=O)C1CC1[N+](=O)[O-]. The Hall–Kier alpha value is -1.86. The lowest BCUT2D eigenvalue weighted by molar-refractivity contribution is -0.497.